The highest BCUT2D eigenvalue weighted by molar-refractivity contribution is 5.79. The average molecular weight is 347 g/mol. The number of aryl methyl sites for hydroxylation is 1. The van der Waals surface area contributed by atoms with Gasteiger partial charge in [0.15, 0.2) is 5.96 Å². The minimum Gasteiger partial charge on any atom is -0.489 e. The number of guanidine groups is 1. The molecule has 136 valence electrons. The molecule has 0 fully saturated rings. The van der Waals surface area contributed by atoms with Gasteiger partial charge in [0.2, 0.25) is 0 Å². The van der Waals surface area contributed by atoms with E-state index >= 15 is 0 Å². The van der Waals surface area contributed by atoms with E-state index in [0.29, 0.717) is 12.3 Å². The van der Waals surface area contributed by atoms with Crippen LogP contribution in [0.3, 0.4) is 0 Å². The third-order valence-electron chi connectivity index (χ3n) is 3.40. The van der Waals surface area contributed by atoms with E-state index in [2.05, 4.69) is 20.7 Å². The lowest BCUT2D eigenvalue weighted by Gasteiger charge is -2.15. The van der Waals surface area contributed by atoms with Gasteiger partial charge in [-0.1, -0.05) is 0 Å². The Bertz CT molecular complexity index is 668. The molecule has 1 unspecified atom stereocenters. The molecule has 2 rings (SSSR count). The second-order valence-electron chi connectivity index (χ2n) is 5.81. The van der Waals surface area contributed by atoms with Crippen molar-refractivity contribution >= 4 is 5.96 Å². The number of ether oxygens (including phenoxy) is 1. The Morgan fingerprint density at radius 1 is 1.32 bits per heavy atom. The van der Waals surface area contributed by atoms with E-state index in [9.17, 15) is 4.39 Å². The number of rotatable bonds is 8. The number of hydrogen-bond donors (Lipinski definition) is 2. The molecule has 2 N–H and O–H groups in total. The Morgan fingerprint density at radius 3 is 2.72 bits per heavy atom. The van der Waals surface area contributed by atoms with Crippen molar-refractivity contribution in [1.29, 1.82) is 0 Å². The quantitative estimate of drug-likeness (QED) is 0.568. The van der Waals surface area contributed by atoms with Crippen LogP contribution >= 0.6 is 0 Å². The van der Waals surface area contributed by atoms with Crippen molar-refractivity contribution in [2.75, 3.05) is 19.6 Å². The zero-order valence-electron chi connectivity index (χ0n) is 15.0. The number of aliphatic imine (C=N–C) groups is 1. The highest BCUT2D eigenvalue weighted by atomic mass is 19.1. The van der Waals surface area contributed by atoms with Gasteiger partial charge >= 0.3 is 0 Å². The van der Waals surface area contributed by atoms with Gasteiger partial charge in [-0.2, -0.15) is 5.10 Å². The molecular weight excluding hydrogens is 321 g/mol. The molecule has 0 aliphatic carbocycles. The first-order chi connectivity index (χ1) is 12.1. The lowest BCUT2D eigenvalue weighted by molar-refractivity contribution is 0.230. The summed E-state index contributed by atoms with van der Waals surface area (Å²) in [7, 11) is 0. The van der Waals surface area contributed by atoms with Crippen LogP contribution in [0.25, 0.3) is 0 Å². The van der Waals surface area contributed by atoms with Gasteiger partial charge in [-0.05, 0) is 50.6 Å². The second-order valence-corrected chi connectivity index (χ2v) is 5.81. The molecule has 2 aromatic rings. The molecule has 0 saturated heterocycles. The number of aromatic nitrogens is 2. The van der Waals surface area contributed by atoms with E-state index in [1.807, 2.05) is 37.8 Å². The SMILES string of the molecule is CCNC(=NCC(C)Oc1ccc(F)cc1)NCCn1cc(C)cn1. The average Bonchev–Trinajstić information content (AvgIpc) is 3.00. The minimum atomic E-state index is -0.274. The van der Waals surface area contributed by atoms with Crippen molar-refractivity contribution in [2.45, 2.75) is 33.4 Å². The van der Waals surface area contributed by atoms with Crippen LogP contribution in [0, 0.1) is 12.7 Å². The summed E-state index contributed by atoms with van der Waals surface area (Å²) in [5.74, 6) is 1.10. The third-order valence-corrected chi connectivity index (χ3v) is 3.40. The summed E-state index contributed by atoms with van der Waals surface area (Å²) < 4.78 is 20.5. The van der Waals surface area contributed by atoms with Gasteiger partial charge in [0.25, 0.3) is 0 Å². The molecule has 1 aromatic carbocycles. The summed E-state index contributed by atoms with van der Waals surface area (Å²) in [6.45, 7) is 8.73. The zero-order valence-corrected chi connectivity index (χ0v) is 15.0. The predicted molar refractivity (Wildman–Crippen MR) is 97.4 cm³/mol. The van der Waals surface area contributed by atoms with E-state index in [1.54, 1.807) is 12.1 Å². The standard InChI is InChI=1S/C18H26FN5O/c1-4-20-18(21-9-10-24-13-14(2)11-23-24)22-12-15(3)25-17-7-5-16(19)6-8-17/h5-8,11,13,15H,4,9-10,12H2,1-3H3,(H2,20,21,22). The molecule has 0 spiro atoms. The zero-order chi connectivity index (χ0) is 18.1. The van der Waals surface area contributed by atoms with Gasteiger partial charge in [-0.3, -0.25) is 4.68 Å². The van der Waals surface area contributed by atoms with Gasteiger partial charge < -0.3 is 15.4 Å². The van der Waals surface area contributed by atoms with E-state index < -0.39 is 0 Å². The van der Waals surface area contributed by atoms with Crippen molar-refractivity contribution in [3.63, 3.8) is 0 Å². The number of nitrogens with zero attached hydrogens (tertiary/aromatic N) is 3. The summed E-state index contributed by atoms with van der Waals surface area (Å²) in [4.78, 5) is 4.53. The van der Waals surface area contributed by atoms with E-state index in [0.717, 1.165) is 31.2 Å². The van der Waals surface area contributed by atoms with E-state index in [-0.39, 0.29) is 11.9 Å². The molecule has 1 atom stereocenters. The lowest BCUT2D eigenvalue weighted by atomic mass is 10.3. The number of halogens is 1. The van der Waals surface area contributed by atoms with Crippen LogP contribution in [0.5, 0.6) is 5.75 Å². The number of benzene rings is 1. The molecule has 0 aliphatic rings. The lowest BCUT2D eigenvalue weighted by Crippen LogP contribution is -2.39. The smallest absolute Gasteiger partial charge is 0.191 e. The molecule has 25 heavy (non-hydrogen) atoms. The van der Waals surface area contributed by atoms with Crippen molar-refractivity contribution < 1.29 is 9.13 Å². The van der Waals surface area contributed by atoms with Crippen LogP contribution < -0.4 is 15.4 Å². The van der Waals surface area contributed by atoms with Gasteiger partial charge in [0.05, 0.1) is 19.3 Å². The Kier molecular flexibility index (Phi) is 7.25. The van der Waals surface area contributed by atoms with Crippen molar-refractivity contribution in [3.8, 4) is 5.75 Å². The minimum absolute atomic E-state index is 0.116. The maximum atomic E-state index is 12.9. The highest BCUT2D eigenvalue weighted by Crippen LogP contribution is 2.12. The van der Waals surface area contributed by atoms with E-state index in [4.69, 9.17) is 4.74 Å². The maximum Gasteiger partial charge on any atom is 0.191 e. The van der Waals surface area contributed by atoms with Gasteiger partial charge in [0.1, 0.15) is 17.7 Å². The molecule has 7 heteroatoms. The monoisotopic (exact) mass is 347 g/mol. The summed E-state index contributed by atoms with van der Waals surface area (Å²) in [6.07, 6.45) is 3.73. The van der Waals surface area contributed by atoms with Gasteiger partial charge in [-0.15, -0.1) is 0 Å². The molecule has 6 nitrogen and oxygen atoms in total. The van der Waals surface area contributed by atoms with Crippen LogP contribution in [0.2, 0.25) is 0 Å². The first-order valence-electron chi connectivity index (χ1n) is 8.50. The van der Waals surface area contributed by atoms with Gasteiger partial charge in [0, 0.05) is 19.3 Å². The number of hydrogen-bond acceptors (Lipinski definition) is 3. The van der Waals surface area contributed by atoms with Gasteiger partial charge in [-0.25, -0.2) is 9.38 Å². The van der Waals surface area contributed by atoms with Crippen LogP contribution in [0.4, 0.5) is 4.39 Å². The Morgan fingerprint density at radius 2 is 2.08 bits per heavy atom. The summed E-state index contributed by atoms with van der Waals surface area (Å²) in [5, 5.41) is 10.7. The fourth-order valence-corrected chi connectivity index (χ4v) is 2.22. The fourth-order valence-electron chi connectivity index (χ4n) is 2.22. The first kappa shape index (κ1) is 18.8. The molecule has 0 amide bonds. The summed E-state index contributed by atoms with van der Waals surface area (Å²) in [5.41, 5.74) is 1.15. The largest absolute Gasteiger partial charge is 0.489 e. The normalized spacial score (nSPS) is 12.7. The van der Waals surface area contributed by atoms with Crippen LogP contribution in [0.1, 0.15) is 19.4 Å². The molecule has 0 radical (unpaired) electrons. The molecule has 1 heterocycles. The maximum absolute atomic E-state index is 12.9. The van der Waals surface area contributed by atoms with Crippen LogP contribution in [-0.4, -0.2) is 41.5 Å². The summed E-state index contributed by atoms with van der Waals surface area (Å²) >= 11 is 0. The molecule has 1 aromatic heterocycles. The fraction of sp³-hybridized carbons (Fsp3) is 0.444. The number of nitrogens with one attached hydrogen (secondary N) is 2. The van der Waals surface area contributed by atoms with Crippen molar-refractivity contribution in [1.82, 2.24) is 20.4 Å². The molecule has 0 aliphatic heterocycles. The Hall–Kier alpha value is -2.57. The topological polar surface area (TPSA) is 63.5 Å². The van der Waals surface area contributed by atoms with Crippen molar-refractivity contribution in [2.24, 2.45) is 4.99 Å². The molecule has 0 saturated carbocycles. The third kappa shape index (κ3) is 6.82. The second kappa shape index (κ2) is 9.66. The van der Waals surface area contributed by atoms with Crippen LogP contribution in [0.15, 0.2) is 41.7 Å². The predicted octanol–water partition coefficient (Wildman–Crippen LogP) is 2.35. The Labute approximate surface area is 148 Å². The Balaban J connectivity index is 1.79. The molecule has 0 bridgehead atoms. The summed E-state index contributed by atoms with van der Waals surface area (Å²) in [6, 6.07) is 6.00. The van der Waals surface area contributed by atoms with Crippen molar-refractivity contribution in [3.05, 3.63) is 48.0 Å². The first-order valence-corrected chi connectivity index (χ1v) is 8.50. The van der Waals surface area contributed by atoms with E-state index in [1.165, 1.54) is 12.1 Å². The highest BCUT2D eigenvalue weighted by Gasteiger charge is 2.05. The van der Waals surface area contributed by atoms with Crippen LogP contribution in [-0.2, 0) is 6.54 Å². The molecular formula is C18H26FN5O.